The van der Waals surface area contributed by atoms with Gasteiger partial charge in [-0.15, -0.1) is 0 Å². The number of imidazole rings is 1. The van der Waals surface area contributed by atoms with Crippen LogP contribution in [0.3, 0.4) is 0 Å². The van der Waals surface area contributed by atoms with Gasteiger partial charge in [0.25, 0.3) is 0 Å². The van der Waals surface area contributed by atoms with Gasteiger partial charge in [0, 0.05) is 12.4 Å². The molecule has 0 unspecified atom stereocenters. The second kappa shape index (κ2) is 4.79. The van der Waals surface area contributed by atoms with Crippen LogP contribution in [-0.4, -0.2) is 9.55 Å². The van der Waals surface area contributed by atoms with Crippen molar-refractivity contribution in [1.29, 1.82) is 0 Å². The van der Waals surface area contributed by atoms with Crippen LogP contribution in [0.25, 0.3) is 5.69 Å². The number of para-hydroxylation sites is 2. The molecule has 18 heavy (non-hydrogen) atoms. The Balaban J connectivity index is 1.84. The fourth-order valence-electron chi connectivity index (χ4n) is 1.85. The number of nitrogens with zero attached hydrogens (tertiary/aromatic N) is 2. The normalized spacial score (nSPS) is 10.4. The molecular weight excluding hydrogens is 226 g/mol. The zero-order chi connectivity index (χ0) is 12.2. The van der Waals surface area contributed by atoms with E-state index in [-0.39, 0.29) is 0 Å². The summed E-state index contributed by atoms with van der Waals surface area (Å²) in [5.74, 6) is 0.912. The van der Waals surface area contributed by atoms with Crippen molar-refractivity contribution >= 4 is 5.69 Å². The molecule has 2 aromatic heterocycles. The first kappa shape index (κ1) is 10.7. The van der Waals surface area contributed by atoms with E-state index in [1.807, 2.05) is 47.2 Å². The zero-order valence-corrected chi connectivity index (χ0v) is 9.78. The maximum absolute atomic E-state index is 5.30. The third-order valence-corrected chi connectivity index (χ3v) is 2.72. The first-order chi connectivity index (χ1) is 8.93. The molecule has 4 heteroatoms. The highest BCUT2D eigenvalue weighted by Crippen LogP contribution is 2.20. The van der Waals surface area contributed by atoms with Crippen molar-refractivity contribution in [2.45, 2.75) is 6.54 Å². The van der Waals surface area contributed by atoms with Crippen molar-refractivity contribution in [1.82, 2.24) is 9.55 Å². The average molecular weight is 239 g/mol. The van der Waals surface area contributed by atoms with Gasteiger partial charge in [0.1, 0.15) is 5.76 Å². The van der Waals surface area contributed by atoms with Crippen LogP contribution >= 0.6 is 0 Å². The van der Waals surface area contributed by atoms with Crippen LogP contribution in [-0.2, 0) is 6.54 Å². The number of anilines is 1. The van der Waals surface area contributed by atoms with Crippen LogP contribution < -0.4 is 5.32 Å². The second-order valence-electron chi connectivity index (χ2n) is 3.92. The lowest BCUT2D eigenvalue weighted by molar-refractivity contribution is 0.518. The first-order valence-corrected chi connectivity index (χ1v) is 5.77. The van der Waals surface area contributed by atoms with E-state index in [1.165, 1.54) is 0 Å². The Morgan fingerprint density at radius 3 is 2.89 bits per heavy atom. The maximum atomic E-state index is 5.30. The molecule has 2 heterocycles. The van der Waals surface area contributed by atoms with Gasteiger partial charge in [-0.25, -0.2) is 4.98 Å². The van der Waals surface area contributed by atoms with Crippen molar-refractivity contribution in [3.63, 3.8) is 0 Å². The summed E-state index contributed by atoms with van der Waals surface area (Å²) in [6, 6.07) is 11.9. The van der Waals surface area contributed by atoms with Crippen molar-refractivity contribution < 1.29 is 4.42 Å². The van der Waals surface area contributed by atoms with Crippen LogP contribution in [0, 0.1) is 0 Å². The molecule has 0 aliphatic rings. The molecule has 0 fully saturated rings. The zero-order valence-electron chi connectivity index (χ0n) is 9.78. The van der Waals surface area contributed by atoms with Crippen molar-refractivity contribution in [2.75, 3.05) is 5.32 Å². The number of benzene rings is 1. The molecule has 0 saturated heterocycles. The van der Waals surface area contributed by atoms with Crippen LogP contribution in [0.4, 0.5) is 5.69 Å². The third kappa shape index (κ3) is 2.13. The summed E-state index contributed by atoms with van der Waals surface area (Å²) in [5.41, 5.74) is 2.12. The molecule has 90 valence electrons. The summed E-state index contributed by atoms with van der Waals surface area (Å²) in [4.78, 5) is 4.07. The van der Waals surface area contributed by atoms with Gasteiger partial charge in [-0.1, -0.05) is 12.1 Å². The molecule has 0 amide bonds. The van der Waals surface area contributed by atoms with Crippen molar-refractivity contribution in [2.24, 2.45) is 0 Å². The van der Waals surface area contributed by atoms with E-state index < -0.39 is 0 Å². The largest absolute Gasteiger partial charge is 0.467 e. The van der Waals surface area contributed by atoms with Crippen molar-refractivity contribution in [3.8, 4) is 5.69 Å². The number of nitrogens with one attached hydrogen (secondary N) is 1. The summed E-state index contributed by atoms with van der Waals surface area (Å²) < 4.78 is 7.28. The minimum absolute atomic E-state index is 0.665. The van der Waals surface area contributed by atoms with Gasteiger partial charge in [0.05, 0.1) is 30.5 Å². The summed E-state index contributed by atoms with van der Waals surface area (Å²) >= 11 is 0. The predicted molar refractivity (Wildman–Crippen MR) is 69.6 cm³/mol. The molecule has 0 aliphatic carbocycles. The highest BCUT2D eigenvalue weighted by atomic mass is 16.3. The Bertz CT molecular complexity index is 600. The molecule has 1 aromatic carbocycles. The fourth-order valence-corrected chi connectivity index (χ4v) is 1.85. The van der Waals surface area contributed by atoms with Crippen molar-refractivity contribution in [3.05, 3.63) is 67.1 Å². The van der Waals surface area contributed by atoms with E-state index in [0.717, 1.165) is 17.1 Å². The Morgan fingerprint density at radius 1 is 1.17 bits per heavy atom. The lowest BCUT2D eigenvalue weighted by Gasteiger charge is -2.11. The van der Waals surface area contributed by atoms with Gasteiger partial charge in [-0.05, 0) is 24.3 Å². The lowest BCUT2D eigenvalue weighted by atomic mass is 10.2. The van der Waals surface area contributed by atoms with Crippen LogP contribution in [0.1, 0.15) is 5.76 Å². The van der Waals surface area contributed by atoms with Crippen LogP contribution in [0.2, 0.25) is 0 Å². The van der Waals surface area contributed by atoms with Gasteiger partial charge in [0.2, 0.25) is 0 Å². The Kier molecular flexibility index (Phi) is 2.84. The Morgan fingerprint density at radius 2 is 2.11 bits per heavy atom. The SMILES string of the molecule is c1coc(CNc2ccccc2-n2ccnc2)c1. The van der Waals surface area contributed by atoms with E-state index in [1.54, 1.807) is 18.8 Å². The van der Waals surface area contributed by atoms with E-state index in [9.17, 15) is 0 Å². The summed E-state index contributed by atoms with van der Waals surface area (Å²) in [6.45, 7) is 0.665. The van der Waals surface area contributed by atoms with Gasteiger partial charge < -0.3 is 14.3 Å². The van der Waals surface area contributed by atoms with Gasteiger partial charge in [-0.3, -0.25) is 0 Å². The van der Waals surface area contributed by atoms with E-state index in [2.05, 4.69) is 10.3 Å². The Hall–Kier alpha value is -2.49. The number of furan rings is 1. The smallest absolute Gasteiger partial charge is 0.122 e. The molecule has 3 aromatic rings. The minimum Gasteiger partial charge on any atom is -0.467 e. The van der Waals surface area contributed by atoms with E-state index >= 15 is 0 Å². The predicted octanol–water partition coefficient (Wildman–Crippen LogP) is 3.08. The van der Waals surface area contributed by atoms with Gasteiger partial charge in [-0.2, -0.15) is 0 Å². The fraction of sp³-hybridized carbons (Fsp3) is 0.0714. The van der Waals surface area contributed by atoms with Crippen LogP contribution in [0.5, 0.6) is 0 Å². The molecule has 1 N–H and O–H groups in total. The number of hydrogen-bond donors (Lipinski definition) is 1. The van der Waals surface area contributed by atoms with Gasteiger partial charge in [0.15, 0.2) is 0 Å². The molecule has 0 saturated carbocycles. The summed E-state index contributed by atoms with van der Waals surface area (Å²) in [6.07, 6.45) is 7.16. The molecule has 4 nitrogen and oxygen atoms in total. The molecular formula is C14H13N3O. The summed E-state index contributed by atoms with van der Waals surface area (Å²) in [7, 11) is 0. The standard InChI is InChI=1S/C14H13N3O/c1-2-6-14(17-8-7-15-11-17)13(5-1)16-10-12-4-3-9-18-12/h1-9,11,16H,10H2. The monoisotopic (exact) mass is 239 g/mol. The molecule has 3 rings (SSSR count). The average Bonchev–Trinajstić information content (AvgIpc) is 3.10. The molecule has 0 atom stereocenters. The van der Waals surface area contributed by atoms with Gasteiger partial charge >= 0.3 is 0 Å². The molecule has 0 aliphatic heterocycles. The number of aromatic nitrogens is 2. The summed E-state index contributed by atoms with van der Waals surface area (Å²) in [5, 5.41) is 3.36. The topological polar surface area (TPSA) is 43.0 Å². The Labute approximate surface area is 105 Å². The third-order valence-electron chi connectivity index (χ3n) is 2.72. The molecule has 0 bridgehead atoms. The lowest BCUT2D eigenvalue weighted by Crippen LogP contribution is -2.02. The highest BCUT2D eigenvalue weighted by Gasteiger charge is 2.03. The quantitative estimate of drug-likeness (QED) is 0.760. The minimum atomic E-state index is 0.665. The van der Waals surface area contributed by atoms with E-state index in [0.29, 0.717) is 6.54 Å². The highest BCUT2D eigenvalue weighted by molar-refractivity contribution is 5.60. The maximum Gasteiger partial charge on any atom is 0.122 e. The molecule has 0 radical (unpaired) electrons. The molecule has 0 spiro atoms. The van der Waals surface area contributed by atoms with Crippen LogP contribution in [0.15, 0.2) is 65.8 Å². The van der Waals surface area contributed by atoms with E-state index in [4.69, 9.17) is 4.42 Å². The first-order valence-electron chi connectivity index (χ1n) is 5.77. The number of rotatable bonds is 4. The second-order valence-corrected chi connectivity index (χ2v) is 3.92. The number of hydrogen-bond acceptors (Lipinski definition) is 3.